The number of rotatable bonds is 5. The van der Waals surface area contributed by atoms with Crippen molar-refractivity contribution in [1.82, 2.24) is 4.90 Å². The van der Waals surface area contributed by atoms with Crippen LogP contribution in [-0.2, 0) is 6.54 Å². The van der Waals surface area contributed by atoms with Crippen LogP contribution in [0.5, 0.6) is 5.75 Å². The third kappa shape index (κ3) is 4.98. The van der Waals surface area contributed by atoms with Gasteiger partial charge >= 0.3 is 0 Å². The highest BCUT2D eigenvalue weighted by Crippen LogP contribution is 2.28. The van der Waals surface area contributed by atoms with Gasteiger partial charge in [-0.1, -0.05) is 17.7 Å². The normalized spacial score (nSPS) is 20.7. The summed E-state index contributed by atoms with van der Waals surface area (Å²) in [6.07, 6.45) is 1.44. The standard InChI is InChI=1S/C21H24ClF2NO2/c1-14-8-17(9-15(2)20(14)22)27-13-21(26)6-3-7-25(12-21)11-16-4-5-18(23)19(24)10-16/h4-5,8-10,26H,3,6-7,11-13H2,1-2H3. The Morgan fingerprint density at radius 1 is 1.15 bits per heavy atom. The lowest BCUT2D eigenvalue weighted by molar-refractivity contribution is -0.0621. The largest absolute Gasteiger partial charge is 0.491 e. The van der Waals surface area contributed by atoms with Crippen LogP contribution in [-0.4, -0.2) is 35.3 Å². The second kappa shape index (κ2) is 8.13. The van der Waals surface area contributed by atoms with Crippen molar-refractivity contribution >= 4 is 11.6 Å². The Morgan fingerprint density at radius 3 is 2.52 bits per heavy atom. The molecule has 1 atom stereocenters. The summed E-state index contributed by atoms with van der Waals surface area (Å²) in [7, 11) is 0. The van der Waals surface area contributed by atoms with Crippen molar-refractivity contribution in [2.24, 2.45) is 0 Å². The summed E-state index contributed by atoms with van der Waals surface area (Å²) in [5.74, 6) is -1.02. The maximum absolute atomic E-state index is 13.4. The predicted molar refractivity (Wildman–Crippen MR) is 102 cm³/mol. The van der Waals surface area contributed by atoms with Crippen LogP contribution in [0.15, 0.2) is 30.3 Å². The van der Waals surface area contributed by atoms with E-state index in [0.717, 1.165) is 35.2 Å². The first-order chi connectivity index (χ1) is 12.8. The smallest absolute Gasteiger partial charge is 0.159 e. The van der Waals surface area contributed by atoms with Gasteiger partial charge in [0, 0.05) is 18.1 Å². The SMILES string of the molecule is Cc1cc(OCC2(O)CCCN(Cc3ccc(F)c(F)c3)C2)cc(C)c1Cl. The number of nitrogens with zero attached hydrogens (tertiary/aromatic N) is 1. The Hall–Kier alpha value is -1.69. The average molecular weight is 396 g/mol. The molecule has 0 aliphatic carbocycles. The van der Waals surface area contributed by atoms with E-state index in [0.29, 0.717) is 30.8 Å². The molecule has 2 aromatic carbocycles. The van der Waals surface area contributed by atoms with Gasteiger partial charge in [0.15, 0.2) is 11.6 Å². The van der Waals surface area contributed by atoms with Crippen LogP contribution in [0.4, 0.5) is 8.78 Å². The highest BCUT2D eigenvalue weighted by molar-refractivity contribution is 6.32. The zero-order valence-corrected chi connectivity index (χ0v) is 16.3. The Morgan fingerprint density at radius 2 is 1.85 bits per heavy atom. The van der Waals surface area contributed by atoms with E-state index in [9.17, 15) is 13.9 Å². The summed E-state index contributed by atoms with van der Waals surface area (Å²) in [5, 5.41) is 11.7. The van der Waals surface area contributed by atoms with Crippen molar-refractivity contribution in [2.75, 3.05) is 19.7 Å². The van der Waals surface area contributed by atoms with Gasteiger partial charge in [-0.15, -0.1) is 0 Å². The summed E-state index contributed by atoms with van der Waals surface area (Å²) in [4.78, 5) is 2.04. The van der Waals surface area contributed by atoms with Gasteiger partial charge in [-0.25, -0.2) is 8.78 Å². The van der Waals surface area contributed by atoms with Crippen LogP contribution in [0.25, 0.3) is 0 Å². The fourth-order valence-electron chi connectivity index (χ4n) is 3.56. The van der Waals surface area contributed by atoms with E-state index < -0.39 is 17.2 Å². The zero-order chi connectivity index (χ0) is 19.6. The number of halogens is 3. The maximum atomic E-state index is 13.4. The Kier molecular flexibility index (Phi) is 6.04. The predicted octanol–water partition coefficient (Wildman–Crippen LogP) is 4.64. The zero-order valence-electron chi connectivity index (χ0n) is 15.6. The second-order valence-corrected chi connectivity index (χ2v) is 7.82. The van der Waals surface area contributed by atoms with Gasteiger partial charge in [0.05, 0.1) is 0 Å². The Balaban J connectivity index is 1.62. The molecule has 0 radical (unpaired) electrons. The van der Waals surface area contributed by atoms with Crippen LogP contribution in [0.1, 0.15) is 29.5 Å². The molecule has 1 saturated heterocycles. The molecule has 2 aromatic rings. The van der Waals surface area contributed by atoms with Crippen molar-refractivity contribution in [3.63, 3.8) is 0 Å². The lowest BCUT2D eigenvalue weighted by Crippen LogP contribution is -2.51. The lowest BCUT2D eigenvalue weighted by Gasteiger charge is -2.39. The molecule has 1 aliphatic heterocycles. The molecule has 0 bridgehead atoms. The van der Waals surface area contributed by atoms with Crippen molar-refractivity contribution in [3.8, 4) is 5.75 Å². The molecule has 1 N–H and O–H groups in total. The number of hydrogen-bond acceptors (Lipinski definition) is 3. The molecule has 27 heavy (non-hydrogen) atoms. The van der Waals surface area contributed by atoms with Crippen LogP contribution < -0.4 is 4.74 Å². The van der Waals surface area contributed by atoms with E-state index >= 15 is 0 Å². The van der Waals surface area contributed by atoms with Crippen molar-refractivity contribution in [2.45, 2.75) is 38.8 Å². The van der Waals surface area contributed by atoms with Crippen molar-refractivity contribution < 1.29 is 18.6 Å². The third-order valence-electron chi connectivity index (χ3n) is 4.94. The molecule has 6 heteroatoms. The summed E-state index contributed by atoms with van der Waals surface area (Å²) in [6, 6.07) is 7.64. The van der Waals surface area contributed by atoms with Gasteiger partial charge in [-0.05, 0) is 74.2 Å². The van der Waals surface area contributed by atoms with Gasteiger partial charge < -0.3 is 9.84 Å². The minimum Gasteiger partial charge on any atom is -0.491 e. The molecule has 0 spiro atoms. The summed E-state index contributed by atoms with van der Waals surface area (Å²) in [6.45, 7) is 5.67. The number of aliphatic hydroxyl groups is 1. The molecule has 1 heterocycles. The van der Waals surface area contributed by atoms with E-state index in [4.69, 9.17) is 16.3 Å². The van der Waals surface area contributed by atoms with Crippen LogP contribution in [0, 0.1) is 25.5 Å². The maximum Gasteiger partial charge on any atom is 0.159 e. The van der Waals surface area contributed by atoms with Crippen molar-refractivity contribution in [3.05, 3.63) is 63.7 Å². The molecular formula is C21H24ClF2NO2. The quantitative estimate of drug-likeness (QED) is 0.800. The molecule has 0 aromatic heterocycles. The fourth-order valence-corrected chi connectivity index (χ4v) is 3.67. The number of benzene rings is 2. The molecule has 0 saturated carbocycles. The first kappa shape index (κ1) is 20.1. The fraction of sp³-hybridized carbons (Fsp3) is 0.429. The monoisotopic (exact) mass is 395 g/mol. The molecule has 3 nitrogen and oxygen atoms in total. The third-order valence-corrected chi connectivity index (χ3v) is 5.54. The summed E-state index contributed by atoms with van der Waals surface area (Å²) < 4.78 is 32.4. The van der Waals surface area contributed by atoms with Crippen LogP contribution in [0.3, 0.4) is 0 Å². The van der Waals surface area contributed by atoms with E-state index in [-0.39, 0.29) is 6.61 Å². The van der Waals surface area contributed by atoms with E-state index in [1.807, 2.05) is 30.9 Å². The molecule has 0 amide bonds. The summed E-state index contributed by atoms with van der Waals surface area (Å²) >= 11 is 6.18. The molecular weight excluding hydrogens is 372 g/mol. The highest BCUT2D eigenvalue weighted by Gasteiger charge is 2.34. The topological polar surface area (TPSA) is 32.7 Å². The minimum absolute atomic E-state index is 0.168. The van der Waals surface area contributed by atoms with E-state index in [1.54, 1.807) is 6.07 Å². The minimum atomic E-state index is -0.988. The molecule has 1 unspecified atom stereocenters. The average Bonchev–Trinajstić information content (AvgIpc) is 2.61. The van der Waals surface area contributed by atoms with Gasteiger partial charge in [0.1, 0.15) is 18.0 Å². The Bertz CT molecular complexity index is 807. The number of piperidine rings is 1. The lowest BCUT2D eigenvalue weighted by atomic mass is 9.93. The molecule has 3 rings (SSSR count). The number of likely N-dealkylation sites (tertiary alicyclic amines) is 1. The number of ether oxygens (including phenoxy) is 1. The number of β-amino-alcohol motifs (C(OH)–C–C–N with tert-alkyl or cyclic N) is 1. The van der Waals surface area contributed by atoms with Crippen LogP contribution >= 0.6 is 11.6 Å². The van der Waals surface area contributed by atoms with Gasteiger partial charge in [0.25, 0.3) is 0 Å². The van der Waals surface area contributed by atoms with Gasteiger partial charge in [-0.2, -0.15) is 0 Å². The Labute approximate surface area is 163 Å². The molecule has 1 fully saturated rings. The highest BCUT2D eigenvalue weighted by atomic mass is 35.5. The van der Waals surface area contributed by atoms with Crippen molar-refractivity contribution in [1.29, 1.82) is 0 Å². The summed E-state index contributed by atoms with van der Waals surface area (Å²) in [5.41, 5.74) is 1.56. The molecule has 146 valence electrons. The van der Waals surface area contributed by atoms with E-state index in [2.05, 4.69) is 0 Å². The number of hydrogen-bond donors (Lipinski definition) is 1. The molecule has 1 aliphatic rings. The first-order valence-electron chi connectivity index (χ1n) is 9.04. The van der Waals surface area contributed by atoms with Crippen LogP contribution in [0.2, 0.25) is 5.02 Å². The van der Waals surface area contributed by atoms with Gasteiger partial charge in [-0.3, -0.25) is 4.90 Å². The van der Waals surface area contributed by atoms with Gasteiger partial charge in [0.2, 0.25) is 0 Å². The van der Waals surface area contributed by atoms with E-state index in [1.165, 1.54) is 6.07 Å². The second-order valence-electron chi connectivity index (χ2n) is 7.45. The first-order valence-corrected chi connectivity index (χ1v) is 9.42. The number of aryl methyl sites for hydroxylation is 2.